The molecule has 0 aliphatic heterocycles. The first-order valence-electron chi connectivity index (χ1n) is 6.72. The van der Waals surface area contributed by atoms with Crippen molar-refractivity contribution in [2.24, 2.45) is 0 Å². The normalized spacial score (nSPS) is 10.4. The van der Waals surface area contributed by atoms with Crippen LogP contribution < -0.4 is 10.9 Å². The molecular formula is C14H17N5O2. The Morgan fingerprint density at radius 1 is 1.29 bits per heavy atom. The Balaban J connectivity index is 1.91. The lowest BCUT2D eigenvalue weighted by molar-refractivity contribution is 0.0946. The van der Waals surface area contributed by atoms with Crippen LogP contribution in [-0.2, 0) is 13.0 Å². The van der Waals surface area contributed by atoms with Crippen LogP contribution in [-0.4, -0.2) is 32.0 Å². The van der Waals surface area contributed by atoms with Gasteiger partial charge in [0.2, 0.25) is 0 Å². The van der Waals surface area contributed by atoms with Gasteiger partial charge < -0.3 is 5.32 Å². The van der Waals surface area contributed by atoms with E-state index in [0.717, 1.165) is 17.8 Å². The zero-order valence-electron chi connectivity index (χ0n) is 12.0. The molecule has 0 aromatic carbocycles. The molecule has 0 saturated carbocycles. The summed E-state index contributed by atoms with van der Waals surface area (Å²) in [6.45, 7) is 4.42. The lowest BCUT2D eigenvalue weighted by Crippen LogP contribution is -2.31. The highest BCUT2D eigenvalue weighted by atomic mass is 16.2. The molecule has 0 aliphatic rings. The minimum Gasteiger partial charge on any atom is -0.349 e. The average Bonchev–Trinajstić information content (AvgIpc) is 2.49. The maximum atomic E-state index is 11.8. The number of aromatic nitrogens is 4. The van der Waals surface area contributed by atoms with Gasteiger partial charge in [0.25, 0.3) is 11.5 Å². The minimum absolute atomic E-state index is 0.119. The van der Waals surface area contributed by atoms with Gasteiger partial charge >= 0.3 is 0 Å². The third-order valence-electron chi connectivity index (χ3n) is 2.95. The van der Waals surface area contributed by atoms with Crippen molar-refractivity contribution in [2.75, 3.05) is 6.54 Å². The molecule has 2 aromatic heterocycles. The molecule has 0 atom stereocenters. The summed E-state index contributed by atoms with van der Waals surface area (Å²) in [5.74, 6) is -0.311. The summed E-state index contributed by atoms with van der Waals surface area (Å²) in [6, 6.07) is 1.51. The Hall–Kier alpha value is -2.57. The molecule has 2 heterocycles. The number of nitrogens with one attached hydrogen (secondary N) is 1. The molecule has 0 radical (unpaired) electrons. The highest BCUT2D eigenvalue weighted by molar-refractivity contribution is 5.91. The van der Waals surface area contributed by atoms with Gasteiger partial charge in [-0.2, -0.15) is 0 Å². The molecule has 0 fully saturated rings. The van der Waals surface area contributed by atoms with Crippen molar-refractivity contribution in [1.82, 2.24) is 24.8 Å². The minimum atomic E-state index is -0.311. The Bertz CT molecular complexity index is 679. The van der Waals surface area contributed by atoms with E-state index >= 15 is 0 Å². The number of carbonyl (C=O) groups is 1. The van der Waals surface area contributed by atoms with E-state index in [1.54, 1.807) is 6.92 Å². The van der Waals surface area contributed by atoms with Crippen LogP contribution in [0, 0.1) is 6.92 Å². The predicted molar refractivity (Wildman–Crippen MR) is 77.0 cm³/mol. The van der Waals surface area contributed by atoms with E-state index in [1.165, 1.54) is 29.4 Å². The van der Waals surface area contributed by atoms with Crippen molar-refractivity contribution in [3.63, 3.8) is 0 Å². The van der Waals surface area contributed by atoms with Gasteiger partial charge in [-0.15, -0.1) is 0 Å². The van der Waals surface area contributed by atoms with Crippen LogP contribution in [0.25, 0.3) is 0 Å². The SMILES string of the molecule is CCc1cc(=O)n(CCNC(=O)c2cnc(C)cn2)cn1. The molecule has 21 heavy (non-hydrogen) atoms. The van der Waals surface area contributed by atoms with E-state index in [-0.39, 0.29) is 17.2 Å². The quantitative estimate of drug-likeness (QED) is 0.856. The number of amides is 1. The van der Waals surface area contributed by atoms with E-state index in [9.17, 15) is 9.59 Å². The highest BCUT2D eigenvalue weighted by Gasteiger charge is 2.07. The van der Waals surface area contributed by atoms with Gasteiger partial charge in [-0.1, -0.05) is 6.92 Å². The fourth-order valence-electron chi connectivity index (χ4n) is 1.72. The maximum absolute atomic E-state index is 11.8. The Morgan fingerprint density at radius 3 is 2.71 bits per heavy atom. The molecule has 2 aromatic rings. The smallest absolute Gasteiger partial charge is 0.271 e. The third kappa shape index (κ3) is 3.95. The lowest BCUT2D eigenvalue weighted by atomic mass is 10.3. The molecule has 0 unspecified atom stereocenters. The molecule has 7 heteroatoms. The van der Waals surface area contributed by atoms with Crippen molar-refractivity contribution in [2.45, 2.75) is 26.8 Å². The number of nitrogens with zero attached hydrogens (tertiary/aromatic N) is 4. The molecule has 1 N–H and O–H groups in total. The number of carbonyl (C=O) groups excluding carboxylic acids is 1. The average molecular weight is 287 g/mol. The second kappa shape index (κ2) is 6.74. The van der Waals surface area contributed by atoms with E-state index in [1.807, 2.05) is 6.92 Å². The van der Waals surface area contributed by atoms with Crippen LogP contribution in [0.4, 0.5) is 0 Å². The first-order chi connectivity index (χ1) is 10.1. The second-order valence-corrected chi connectivity index (χ2v) is 4.56. The summed E-state index contributed by atoms with van der Waals surface area (Å²) in [4.78, 5) is 35.7. The topological polar surface area (TPSA) is 89.8 Å². The zero-order chi connectivity index (χ0) is 15.2. The van der Waals surface area contributed by atoms with Crippen LogP contribution >= 0.6 is 0 Å². The third-order valence-corrected chi connectivity index (χ3v) is 2.95. The summed E-state index contributed by atoms with van der Waals surface area (Å²) in [5, 5.41) is 2.69. The highest BCUT2D eigenvalue weighted by Crippen LogP contribution is 1.94. The van der Waals surface area contributed by atoms with Crippen LogP contribution in [0.5, 0.6) is 0 Å². The number of hydrogen-bond donors (Lipinski definition) is 1. The van der Waals surface area contributed by atoms with Gasteiger partial charge in [0.1, 0.15) is 5.69 Å². The second-order valence-electron chi connectivity index (χ2n) is 4.56. The Kier molecular flexibility index (Phi) is 4.76. The van der Waals surface area contributed by atoms with Crippen molar-refractivity contribution < 1.29 is 4.79 Å². The molecule has 0 bridgehead atoms. The fraction of sp³-hybridized carbons (Fsp3) is 0.357. The summed E-state index contributed by atoms with van der Waals surface area (Å²) in [6.07, 6.45) is 5.18. The van der Waals surface area contributed by atoms with Gasteiger partial charge in [-0.3, -0.25) is 19.1 Å². The van der Waals surface area contributed by atoms with Crippen LogP contribution in [0.1, 0.15) is 28.8 Å². The van der Waals surface area contributed by atoms with Crippen molar-refractivity contribution in [3.8, 4) is 0 Å². The predicted octanol–water partition coefficient (Wildman–Crippen LogP) is 0.334. The molecule has 1 amide bonds. The Labute approximate surface area is 122 Å². The first-order valence-corrected chi connectivity index (χ1v) is 6.72. The largest absolute Gasteiger partial charge is 0.349 e. The van der Waals surface area contributed by atoms with Gasteiger partial charge in [0.15, 0.2) is 0 Å². The van der Waals surface area contributed by atoms with Gasteiger partial charge in [0.05, 0.1) is 18.2 Å². The molecular weight excluding hydrogens is 270 g/mol. The molecule has 7 nitrogen and oxygen atoms in total. The summed E-state index contributed by atoms with van der Waals surface area (Å²) < 4.78 is 1.46. The number of aryl methyl sites for hydroxylation is 2. The first kappa shape index (κ1) is 14.8. The molecule has 0 saturated heterocycles. The molecule has 110 valence electrons. The van der Waals surface area contributed by atoms with Gasteiger partial charge in [0, 0.05) is 31.0 Å². The van der Waals surface area contributed by atoms with Crippen LogP contribution in [0.3, 0.4) is 0 Å². The molecule has 2 rings (SSSR count). The van der Waals surface area contributed by atoms with Crippen molar-refractivity contribution in [1.29, 1.82) is 0 Å². The molecule has 0 spiro atoms. The summed E-state index contributed by atoms with van der Waals surface area (Å²) in [7, 11) is 0. The van der Waals surface area contributed by atoms with Crippen LogP contribution in [0.2, 0.25) is 0 Å². The van der Waals surface area contributed by atoms with E-state index in [0.29, 0.717) is 13.1 Å². The zero-order valence-corrected chi connectivity index (χ0v) is 12.0. The lowest BCUT2D eigenvalue weighted by Gasteiger charge is -2.07. The van der Waals surface area contributed by atoms with Gasteiger partial charge in [-0.05, 0) is 13.3 Å². The number of hydrogen-bond acceptors (Lipinski definition) is 5. The van der Waals surface area contributed by atoms with E-state index in [2.05, 4.69) is 20.3 Å². The fourth-order valence-corrected chi connectivity index (χ4v) is 1.72. The summed E-state index contributed by atoms with van der Waals surface area (Å²) >= 11 is 0. The maximum Gasteiger partial charge on any atom is 0.271 e. The van der Waals surface area contributed by atoms with Crippen molar-refractivity contribution >= 4 is 5.91 Å². The van der Waals surface area contributed by atoms with E-state index < -0.39 is 0 Å². The van der Waals surface area contributed by atoms with E-state index in [4.69, 9.17) is 0 Å². The summed E-state index contributed by atoms with van der Waals surface area (Å²) in [5.41, 5.74) is 1.65. The Morgan fingerprint density at radius 2 is 2.10 bits per heavy atom. The number of rotatable bonds is 5. The van der Waals surface area contributed by atoms with Crippen LogP contribution in [0.15, 0.2) is 29.6 Å². The monoisotopic (exact) mass is 287 g/mol. The standard InChI is InChI=1S/C14H17N5O2/c1-3-11-6-13(20)19(9-18-11)5-4-15-14(21)12-8-16-10(2)7-17-12/h6-9H,3-5H2,1-2H3,(H,15,21). The molecule has 0 aliphatic carbocycles. The van der Waals surface area contributed by atoms with Crippen molar-refractivity contribution in [3.05, 3.63) is 52.2 Å². The van der Waals surface area contributed by atoms with Gasteiger partial charge in [-0.25, -0.2) is 9.97 Å².